The maximum absolute atomic E-state index is 12.1. The van der Waals surface area contributed by atoms with Crippen LogP contribution in [0.5, 0.6) is 0 Å². The van der Waals surface area contributed by atoms with Gasteiger partial charge in [0.25, 0.3) is 0 Å². The molecule has 3 rings (SSSR count). The van der Waals surface area contributed by atoms with Crippen LogP contribution >= 0.6 is 11.3 Å². The number of hydrogen-bond donors (Lipinski definition) is 0. The molecule has 2 aromatic rings. The van der Waals surface area contributed by atoms with Crippen LogP contribution in [0.25, 0.3) is 0 Å². The topological polar surface area (TPSA) is 22.0 Å². The smallest absolute Gasteiger partial charge is 0.165 e. The van der Waals surface area contributed by atoms with Gasteiger partial charge in [0, 0.05) is 28.8 Å². The summed E-state index contributed by atoms with van der Waals surface area (Å²) < 4.78 is 2.24. The van der Waals surface area contributed by atoms with E-state index in [1.807, 2.05) is 6.07 Å². The van der Waals surface area contributed by atoms with Crippen molar-refractivity contribution in [3.63, 3.8) is 0 Å². The number of ketones is 1. The zero-order valence-corrected chi connectivity index (χ0v) is 11.6. The fraction of sp³-hybridized carbons (Fsp3) is 0.400. The Morgan fingerprint density at radius 2 is 2.17 bits per heavy atom. The van der Waals surface area contributed by atoms with E-state index in [4.69, 9.17) is 0 Å². The average molecular weight is 259 g/mol. The summed E-state index contributed by atoms with van der Waals surface area (Å²) in [6.45, 7) is 5.24. The minimum absolute atomic E-state index is 0.0929. The zero-order chi connectivity index (χ0) is 12.8. The predicted octanol–water partition coefficient (Wildman–Crippen LogP) is 3.75. The number of fused-ring (bicyclic) bond motifs is 1. The van der Waals surface area contributed by atoms with Gasteiger partial charge < -0.3 is 4.57 Å². The van der Waals surface area contributed by atoms with E-state index in [9.17, 15) is 4.79 Å². The monoisotopic (exact) mass is 259 g/mol. The van der Waals surface area contributed by atoms with Crippen molar-refractivity contribution in [2.24, 2.45) is 5.41 Å². The van der Waals surface area contributed by atoms with Gasteiger partial charge in [-0.1, -0.05) is 19.9 Å². The highest BCUT2D eigenvalue weighted by atomic mass is 32.1. The molecule has 3 heteroatoms. The quantitative estimate of drug-likeness (QED) is 0.805. The molecule has 0 amide bonds. The number of hydrogen-bond acceptors (Lipinski definition) is 2. The highest BCUT2D eigenvalue weighted by molar-refractivity contribution is 7.09. The Labute approximate surface area is 111 Å². The van der Waals surface area contributed by atoms with Gasteiger partial charge in [-0.2, -0.15) is 0 Å². The van der Waals surface area contributed by atoms with E-state index < -0.39 is 0 Å². The lowest BCUT2D eigenvalue weighted by molar-refractivity contribution is 0.0910. The molecular formula is C15H17NOS. The number of carbonyl (C=O) groups excluding carboxylic acids is 1. The highest BCUT2D eigenvalue weighted by Gasteiger charge is 2.32. The van der Waals surface area contributed by atoms with Crippen LogP contribution in [-0.4, -0.2) is 10.4 Å². The molecule has 1 aliphatic carbocycles. The molecule has 18 heavy (non-hydrogen) atoms. The minimum Gasteiger partial charge on any atom is -0.345 e. The molecule has 2 aromatic heterocycles. The lowest BCUT2D eigenvalue weighted by atomic mass is 9.76. The van der Waals surface area contributed by atoms with Crippen LogP contribution in [0.2, 0.25) is 0 Å². The Balaban J connectivity index is 1.97. The van der Waals surface area contributed by atoms with Crippen LogP contribution in [-0.2, 0) is 13.0 Å². The number of rotatable bonds is 2. The summed E-state index contributed by atoms with van der Waals surface area (Å²) in [4.78, 5) is 13.4. The predicted molar refractivity (Wildman–Crippen MR) is 74.3 cm³/mol. The van der Waals surface area contributed by atoms with E-state index >= 15 is 0 Å². The first-order valence-electron chi connectivity index (χ1n) is 6.29. The average Bonchev–Trinajstić information content (AvgIpc) is 2.88. The second kappa shape index (κ2) is 4.09. The molecule has 0 unspecified atom stereocenters. The third-order valence-corrected chi connectivity index (χ3v) is 4.43. The number of Topliss-reactive ketones (excluding diaryl/α,β-unsaturated/α-hetero) is 1. The Morgan fingerprint density at radius 1 is 1.33 bits per heavy atom. The van der Waals surface area contributed by atoms with Gasteiger partial charge in [0.15, 0.2) is 5.78 Å². The molecule has 94 valence electrons. The largest absolute Gasteiger partial charge is 0.345 e. The van der Waals surface area contributed by atoms with Crippen molar-refractivity contribution in [3.8, 4) is 0 Å². The molecule has 0 radical (unpaired) electrons. The molecule has 0 spiro atoms. The summed E-state index contributed by atoms with van der Waals surface area (Å²) in [5.74, 6) is 0.297. The summed E-state index contributed by atoms with van der Waals surface area (Å²) >= 11 is 1.77. The van der Waals surface area contributed by atoms with E-state index in [1.54, 1.807) is 11.3 Å². The summed E-state index contributed by atoms with van der Waals surface area (Å²) in [5.41, 5.74) is 2.24. The standard InChI is InChI=1S/C15H17NOS/c1-15(2)8-13-12(14(17)9-15)5-6-16(13)10-11-4-3-7-18-11/h3-7H,8-10H2,1-2H3. The van der Waals surface area contributed by atoms with Crippen molar-refractivity contribution in [1.82, 2.24) is 4.57 Å². The van der Waals surface area contributed by atoms with Crippen molar-refractivity contribution in [3.05, 3.63) is 45.9 Å². The van der Waals surface area contributed by atoms with Crippen LogP contribution in [0.15, 0.2) is 29.8 Å². The van der Waals surface area contributed by atoms with Crippen LogP contribution in [0, 0.1) is 5.41 Å². The molecule has 0 aromatic carbocycles. The molecule has 0 saturated carbocycles. The first-order valence-corrected chi connectivity index (χ1v) is 7.17. The van der Waals surface area contributed by atoms with Gasteiger partial charge in [-0.05, 0) is 29.3 Å². The number of nitrogens with zero attached hydrogens (tertiary/aromatic N) is 1. The van der Waals surface area contributed by atoms with Gasteiger partial charge in [-0.3, -0.25) is 4.79 Å². The van der Waals surface area contributed by atoms with Gasteiger partial charge in [-0.15, -0.1) is 11.3 Å². The molecule has 0 N–H and O–H groups in total. The molecule has 0 bridgehead atoms. The minimum atomic E-state index is 0.0929. The fourth-order valence-electron chi connectivity index (χ4n) is 2.72. The molecule has 0 saturated heterocycles. The Morgan fingerprint density at radius 3 is 2.89 bits per heavy atom. The van der Waals surface area contributed by atoms with Crippen molar-refractivity contribution in [2.45, 2.75) is 33.2 Å². The first-order chi connectivity index (χ1) is 8.55. The van der Waals surface area contributed by atoms with Gasteiger partial charge >= 0.3 is 0 Å². The molecule has 0 atom stereocenters. The maximum atomic E-state index is 12.1. The van der Waals surface area contributed by atoms with Crippen molar-refractivity contribution in [2.75, 3.05) is 0 Å². The van der Waals surface area contributed by atoms with E-state index in [0.717, 1.165) is 18.5 Å². The zero-order valence-electron chi connectivity index (χ0n) is 10.8. The normalized spacial score (nSPS) is 17.8. The van der Waals surface area contributed by atoms with Gasteiger partial charge in [-0.25, -0.2) is 0 Å². The third kappa shape index (κ3) is 2.03. The summed E-state index contributed by atoms with van der Waals surface area (Å²) in [7, 11) is 0. The number of aromatic nitrogens is 1. The van der Waals surface area contributed by atoms with Crippen molar-refractivity contribution < 1.29 is 4.79 Å². The molecule has 2 nitrogen and oxygen atoms in total. The lowest BCUT2D eigenvalue weighted by Crippen LogP contribution is -2.28. The van der Waals surface area contributed by atoms with Crippen molar-refractivity contribution >= 4 is 17.1 Å². The van der Waals surface area contributed by atoms with E-state index in [1.165, 1.54) is 10.6 Å². The van der Waals surface area contributed by atoms with Crippen molar-refractivity contribution in [1.29, 1.82) is 0 Å². The van der Waals surface area contributed by atoms with Gasteiger partial charge in [0.2, 0.25) is 0 Å². The van der Waals surface area contributed by atoms with E-state index in [-0.39, 0.29) is 5.41 Å². The second-order valence-electron chi connectivity index (χ2n) is 5.82. The van der Waals surface area contributed by atoms with Gasteiger partial charge in [0.05, 0.1) is 6.54 Å². The molecule has 2 heterocycles. The summed E-state index contributed by atoms with van der Waals surface area (Å²) in [5, 5.41) is 2.10. The lowest BCUT2D eigenvalue weighted by Gasteiger charge is -2.29. The van der Waals surface area contributed by atoms with Crippen LogP contribution < -0.4 is 0 Å². The van der Waals surface area contributed by atoms with E-state index in [0.29, 0.717) is 12.2 Å². The molecule has 0 aliphatic heterocycles. The Bertz CT molecular complexity index is 578. The summed E-state index contributed by atoms with van der Waals surface area (Å²) in [6, 6.07) is 6.21. The fourth-order valence-corrected chi connectivity index (χ4v) is 3.42. The highest BCUT2D eigenvalue weighted by Crippen LogP contribution is 2.35. The van der Waals surface area contributed by atoms with Gasteiger partial charge in [0.1, 0.15) is 0 Å². The second-order valence-corrected chi connectivity index (χ2v) is 6.86. The first kappa shape index (κ1) is 11.7. The third-order valence-electron chi connectivity index (χ3n) is 3.57. The number of thiophene rings is 1. The maximum Gasteiger partial charge on any atom is 0.165 e. The molecule has 0 fully saturated rings. The van der Waals surface area contributed by atoms with Crippen LogP contribution in [0.1, 0.15) is 41.2 Å². The Kier molecular flexibility index (Phi) is 2.67. The van der Waals surface area contributed by atoms with Crippen LogP contribution in [0.4, 0.5) is 0 Å². The SMILES string of the molecule is CC1(C)CC(=O)c2ccn(Cc3cccs3)c2C1. The van der Waals surface area contributed by atoms with E-state index in [2.05, 4.69) is 42.1 Å². The number of carbonyl (C=O) groups is 1. The molecule has 1 aliphatic rings. The molecular weight excluding hydrogens is 242 g/mol. The summed E-state index contributed by atoms with van der Waals surface area (Å²) in [6.07, 6.45) is 3.72. The Hall–Kier alpha value is -1.35. The van der Waals surface area contributed by atoms with Crippen LogP contribution in [0.3, 0.4) is 0 Å².